The molecule has 0 aromatic heterocycles. The SMILES string of the molecule is COc1ccc(Cl)cc1CC(N)C(C)(C)N1CCOCC1. The van der Waals surface area contributed by atoms with Crippen LogP contribution in [0.3, 0.4) is 0 Å². The monoisotopic (exact) mass is 312 g/mol. The van der Waals surface area contributed by atoms with Crippen LogP contribution in [0.25, 0.3) is 0 Å². The van der Waals surface area contributed by atoms with Crippen molar-refractivity contribution in [3.05, 3.63) is 28.8 Å². The highest BCUT2D eigenvalue weighted by Gasteiger charge is 2.34. The van der Waals surface area contributed by atoms with Crippen molar-refractivity contribution in [2.45, 2.75) is 31.8 Å². The highest BCUT2D eigenvalue weighted by Crippen LogP contribution is 2.27. The number of benzene rings is 1. The molecule has 1 aliphatic rings. The van der Waals surface area contributed by atoms with Crippen molar-refractivity contribution in [3.8, 4) is 5.75 Å². The minimum atomic E-state index is -0.100. The van der Waals surface area contributed by atoms with Crippen LogP contribution >= 0.6 is 11.6 Å². The first-order chi connectivity index (χ1) is 9.95. The summed E-state index contributed by atoms with van der Waals surface area (Å²) in [5.41, 5.74) is 7.46. The van der Waals surface area contributed by atoms with E-state index in [1.54, 1.807) is 7.11 Å². The Labute approximate surface area is 132 Å². The minimum Gasteiger partial charge on any atom is -0.496 e. The van der Waals surface area contributed by atoms with Crippen LogP contribution < -0.4 is 10.5 Å². The Hall–Kier alpha value is -0.810. The van der Waals surface area contributed by atoms with Crippen LogP contribution in [0.15, 0.2) is 18.2 Å². The predicted octanol–water partition coefficient (Wildman–Crippen LogP) is 2.33. The summed E-state index contributed by atoms with van der Waals surface area (Å²) in [5.74, 6) is 0.840. The Morgan fingerprint density at radius 1 is 1.38 bits per heavy atom. The third kappa shape index (κ3) is 3.89. The fourth-order valence-electron chi connectivity index (χ4n) is 2.77. The third-order valence-corrected chi connectivity index (χ3v) is 4.65. The lowest BCUT2D eigenvalue weighted by Gasteiger charge is -2.44. The summed E-state index contributed by atoms with van der Waals surface area (Å²) in [6.07, 6.45) is 0.730. The molecule has 0 radical (unpaired) electrons. The van der Waals surface area contributed by atoms with Crippen molar-refractivity contribution in [3.63, 3.8) is 0 Å². The van der Waals surface area contributed by atoms with Gasteiger partial charge in [-0.25, -0.2) is 0 Å². The van der Waals surface area contributed by atoms with Crippen LogP contribution in [0.4, 0.5) is 0 Å². The van der Waals surface area contributed by atoms with Gasteiger partial charge in [-0.1, -0.05) is 11.6 Å². The number of methoxy groups -OCH3 is 1. The molecule has 0 spiro atoms. The van der Waals surface area contributed by atoms with Crippen molar-refractivity contribution in [2.24, 2.45) is 5.73 Å². The molecule has 1 aromatic carbocycles. The van der Waals surface area contributed by atoms with Gasteiger partial charge in [0.05, 0.1) is 20.3 Å². The molecule has 2 N–H and O–H groups in total. The fourth-order valence-corrected chi connectivity index (χ4v) is 2.96. The predicted molar refractivity (Wildman–Crippen MR) is 86.2 cm³/mol. The number of morpholine rings is 1. The zero-order valence-corrected chi connectivity index (χ0v) is 13.8. The third-order valence-electron chi connectivity index (χ3n) is 4.42. The summed E-state index contributed by atoms with van der Waals surface area (Å²) in [4.78, 5) is 2.40. The van der Waals surface area contributed by atoms with Gasteiger partial charge >= 0.3 is 0 Å². The van der Waals surface area contributed by atoms with Crippen molar-refractivity contribution >= 4 is 11.6 Å². The van der Waals surface area contributed by atoms with Gasteiger partial charge in [0.25, 0.3) is 0 Å². The van der Waals surface area contributed by atoms with Gasteiger partial charge in [-0.05, 0) is 44.0 Å². The normalized spacial score (nSPS) is 18.5. The van der Waals surface area contributed by atoms with Crippen molar-refractivity contribution in [1.29, 1.82) is 0 Å². The Morgan fingerprint density at radius 2 is 2.05 bits per heavy atom. The molecule has 1 aromatic rings. The molecule has 2 rings (SSSR count). The summed E-state index contributed by atoms with van der Waals surface area (Å²) in [6.45, 7) is 7.79. The average molecular weight is 313 g/mol. The minimum absolute atomic E-state index is 0.0111. The Balaban J connectivity index is 2.12. The first-order valence-electron chi connectivity index (χ1n) is 7.36. The summed E-state index contributed by atoms with van der Waals surface area (Å²) in [6, 6.07) is 5.66. The molecule has 1 saturated heterocycles. The molecule has 0 aliphatic carbocycles. The van der Waals surface area contributed by atoms with Gasteiger partial charge in [-0.15, -0.1) is 0 Å². The number of hydrogen-bond donors (Lipinski definition) is 1. The van der Waals surface area contributed by atoms with Gasteiger partial charge in [0.2, 0.25) is 0 Å². The van der Waals surface area contributed by atoms with Gasteiger partial charge in [-0.2, -0.15) is 0 Å². The molecule has 0 bridgehead atoms. The maximum atomic E-state index is 6.51. The van der Waals surface area contributed by atoms with Gasteiger partial charge in [0.15, 0.2) is 0 Å². The standard InChI is InChI=1S/C16H25ClN2O2/c1-16(2,19-6-8-21-9-7-19)15(18)11-12-10-13(17)4-5-14(12)20-3/h4-5,10,15H,6-9,11,18H2,1-3H3. The topological polar surface area (TPSA) is 47.7 Å². The second kappa shape index (κ2) is 6.97. The summed E-state index contributed by atoms with van der Waals surface area (Å²) in [7, 11) is 1.67. The second-order valence-corrected chi connectivity index (χ2v) is 6.46. The smallest absolute Gasteiger partial charge is 0.122 e. The van der Waals surface area contributed by atoms with E-state index < -0.39 is 0 Å². The van der Waals surface area contributed by atoms with Crippen molar-refractivity contribution in [1.82, 2.24) is 4.90 Å². The highest BCUT2D eigenvalue weighted by molar-refractivity contribution is 6.30. The van der Waals surface area contributed by atoms with Crippen molar-refractivity contribution < 1.29 is 9.47 Å². The fraction of sp³-hybridized carbons (Fsp3) is 0.625. The lowest BCUT2D eigenvalue weighted by molar-refractivity contribution is -0.0186. The molecule has 1 atom stereocenters. The number of ether oxygens (including phenoxy) is 2. The summed E-state index contributed by atoms with van der Waals surface area (Å²) in [5, 5.41) is 0.710. The van der Waals surface area contributed by atoms with Crippen LogP contribution in [0.5, 0.6) is 5.75 Å². The van der Waals surface area contributed by atoms with Crippen LogP contribution in [0.1, 0.15) is 19.4 Å². The highest BCUT2D eigenvalue weighted by atomic mass is 35.5. The number of halogens is 1. The quantitative estimate of drug-likeness (QED) is 0.906. The zero-order valence-electron chi connectivity index (χ0n) is 13.1. The molecular formula is C16H25ClN2O2. The van der Waals surface area contributed by atoms with E-state index in [2.05, 4.69) is 18.7 Å². The lowest BCUT2D eigenvalue weighted by atomic mass is 9.87. The van der Waals surface area contributed by atoms with E-state index in [0.717, 1.165) is 44.0 Å². The Morgan fingerprint density at radius 3 is 2.67 bits per heavy atom. The molecule has 5 heteroatoms. The van der Waals surface area contributed by atoms with Crippen LogP contribution in [0.2, 0.25) is 5.02 Å². The molecule has 1 fully saturated rings. The first-order valence-corrected chi connectivity index (χ1v) is 7.73. The van der Waals surface area contributed by atoms with Gasteiger partial charge < -0.3 is 15.2 Å². The number of nitrogens with zero attached hydrogens (tertiary/aromatic N) is 1. The molecule has 0 amide bonds. The molecule has 1 unspecified atom stereocenters. The first kappa shape index (κ1) is 16.6. The second-order valence-electron chi connectivity index (χ2n) is 6.02. The number of hydrogen-bond acceptors (Lipinski definition) is 4. The van der Waals surface area contributed by atoms with E-state index in [-0.39, 0.29) is 11.6 Å². The number of rotatable bonds is 5. The summed E-state index contributed by atoms with van der Waals surface area (Å²) < 4.78 is 10.8. The number of nitrogens with two attached hydrogens (primary N) is 1. The van der Waals surface area contributed by atoms with Crippen molar-refractivity contribution in [2.75, 3.05) is 33.4 Å². The van der Waals surface area contributed by atoms with E-state index in [1.165, 1.54) is 0 Å². The molecule has 0 saturated carbocycles. The molecular weight excluding hydrogens is 288 g/mol. The van der Waals surface area contributed by atoms with Crippen LogP contribution in [-0.2, 0) is 11.2 Å². The van der Waals surface area contributed by atoms with Crippen LogP contribution in [-0.4, -0.2) is 49.9 Å². The van der Waals surface area contributed by atoms with Gasteiger partial charge in [0, 0.05) is 29.7 Å². The lowest BCUT2D eigenvalue weighted by Crippen LogP contribution is -2.59. The Bertz CT molecular complexity index is 473. The molecule has 4 nitrogen and oxygen atoms in total. The van der Waals surface area contributed by atoms with E-state index in [0.29, 0.717) is 5.02 Å². The maximum absolute atomic E-state index is 6.51. The molecule has 1 aliphatic heterocycles. The van der Waals surface area contributed by atoms with Gasteiger partial charge in [-0.3, -0.25) is 4.90 Å². The Kier molecular flexibility index (Phi) is 5.49. The summed E-state index contributed by atoms with van der Waals surface area (Å²) >= 11 is 6.10. The van der Waals surface area contributed by atoms with Gasteiger partial charge in [0.1, 0.15) is 5.75 Å². The molecule has 21 heavy (non-hydrogen) atoms. The van der Waals surface area contributed by atoms with Crippen LogP contribution in [0, 0.1) is 0 Å². The van der Waals surface area contributed by atoms with E-state index >= 15 is 0 Å². The van der Waals surface area contributed by atoms with E-state index in [9.17, 15) is 0 Å². The molecule has 1 heterocycles. The average Bonchev–Trinajstić information content (AvgIpc) is 2.48. The largest absolute Gasteiger partial charge is 0.496 e. The molecule has 118 valence electrons. The van der Waals surface area contributed by atoms with E-state index in [1.807, 2.05) is 18.2 Å². The zero-order chi connectivity index (χ0) is 15.5. The van der Waals surface area contributed by atoms with E-state index in [4.69, 9.17) is 26.8 Å². The maximum Gasteiger partial charge on any atom is 0.122 e.